The fraction of sp³-hybridized carbons (Fsp3) is 0.417. The van der Waals surface area contributed by atoms with Gasteiger partial charge in [0, 0.05) is 12.6 Å². The normalized spacial score (nSPS) is 13.8. The summed E-state index contributed by atoms with van der Waals surface area (Å²) in [6, 6.07) is 3.89. The summed E-state index contributed by atoms with van der Waals surface area (Å²) in [7, 11) is 0. The highest BCUT2D eigenvalue weighted by Gasteiger charge is 2.17. The zero-order valence-electron chi connectivity index (χ0n) is 10.6. The predicted molar refractivity (Wildman–Crippen MR) is 73.2 cm³/mol. The van der Waals surface area contributed by atoms with Crippen molar-refractivity contribution in [1.29, 1.82) is 0 Å². The predicted octanol–water partition coefficient (Wildman–Crippen LogP) is 1.29. The van der Waals surface area contributed by atoms with Crippen LogP contribution < -0.4 is 11.1 Å². The summed E-state index contributed by atoms with van der Waals surface area (Å²) in [4.78, 5) is 12.0. The first-order valence-electron chi connectivity index (χ1n) is 5.94. The number of amides is 1. The van der Waals surface area contributed by atoms with Crippen molar-refractivity contribution in [1.82, 2.24) is 0 Å². The molecule has 1 rings (SSSR count). The summed E-state index contributed by atoms with van der Waals surface area (Å²) in [5.74, 6) is -0.825. The molecule has 0 fully saturated rings. The average Bonchev–Trinajstić information content (AvgIpc) is 2.37. The number of anilines is 1. The maximum atomic E-state index is 11.9. The van der Waals surface area contributed by atoms with Gasteiger partial charge in [0.1, 0.15) is 5.75 Å². The zero-order chi connectivity index (χ0) is 14.4. The van der Waals surface area contributed by atoms with Gasteiger partial charge in [-0.3, -0.25) is 4.79 Å². The van der Waals surface area contributed by atoms with E-state index in [9.17, 15) is 14.1 Å². The number of nitrogens with one attached hydrogen (secondary N) is 1. The molecule has 0 aliphatic rings. The van der Waals surface area contributed by atoms with Crippen LogP contribution in [-0.2, 0) is 15.9 Å². The number of carbonyl (C=O) groups excluding carboxylic acids is 1. The molecule has 1 aromatic carbocycles. The molecule has 0 aliphatic carbocycles. The molecule has 6 nitrogen and oxygen atoms in total. The van der Waals surface area contributed by atoms with Gasteiger partial charge in [-0.2, -0.15) is 0 Å². The maximum Gasteiger partial charge on any atom is 0.228 e. The second-order valence-electron chi connectivity index (χ2n) is 4.14. The van der Waals surface area contributed by atoms with Crippen molar-refractivity contribution in [3.8, 4) is 5.75 Å². The molecule has 1 aromatic rings. The first kappa shape index (κ1) is 15.6. The maximum absolute atomic E-state index is 11.9. The molecule has 1 unspecified atom stereocenters. The van der Waals surface area contributed by atoms with Crippen molar-refractivity contribution in [2.45, 2.75) is 24.7 Å². The molecular formula is C12H18N2O4S. The number of hydrogen-bond donors (Lipinski definition) is 4. The first-order chi connectivity index (χ1) is 8.99. The summed E-state index contributed by atoms with van der Waals surface area (Å²) in [5, 5.41) is 12.2. The van der Waals surface area contributed by atoms with Gasteiger partial charge in [0.15, 0.2) is 11.1 Å². The van der Waals surface area contributed by atoms with E-state index in [2.05, 4.69) is 5.32 Å². The molecule has 0 saturated carbocycles. The van der Waals surface area contributed by atoms with E-state index >= 15 is 0 Å². The molecule has 5 N–H and O–H groups in total. The van der Waals surface area contributed by atoms with E-state index in [-0.39, 0.29) is 34.7 Å². The summed E-state index contributed by atoms with van der Waals surface area (Å²) < 4.78 is 19.7. The number of phenolic OH excluding ortho intramolecular Hbond substituents is 1. The number of carbonyl (C=O) groups is 1. The van der Waals surface area contributed by atoms with Crippen molar-refractivity contribution in [2.75, 3.05) is 11.9 Å². The lowest BCUT2D eigenvalue weighted by atomic mass is 10.0. The van der Waals surface area contributed by atoms with Crippen LogP contribution >= 0.6 is 0 Å². The van der Waals surface area contributed by atoms with Crippen LogP contribution in [0.15, 0.2) is 23.1 Å². The standard InChI is InChI=1S/C12H18N2O4S/c1-2-3-8(7-13)12(16)14-10-5-4-9(19(17)18)6-11(10)15/h4-6,8,15H,2-3,7,13H2,1H3,(H,14,16)(H,17,18)/t8-/m0/s1. The van der Waals surface area contributed by atoms with Crippen LogP contribution in [0.25, 0.3) is 0 Å². The van der Waals surface area contributed by atoms with E-state index in [4.69, 9.17) is 10.3 Å². The molecule has 0 radical (unpaired) electrons. The Hall–Kier alpha value is -1.44. The van der Waals surface area contributed by atoms with Crippen LogP contribution in [0.2, 0.25) is 0 Å². The zero-order valence-corrected chi connectivity index (χ0v) is 11.4. The topological polar surface area (TPSA) is 113 Å². The Labute approximate surface area is 114 Å². The van der Waals surface area contributed by atoms with Gasteiger partial charge in [-0.15, -0.1) is 0 Å². The molecule has 0 aliphatic heterocycles. The summed E-state index contributed by atoms with van der Waals surface area (Å²) in [6.07, 6.45) is 1.51. The van der Waals surface area contributed by atoms with Gasteiger partial charge in [-0.1, -0.05) is 13.3 Å². The Morgan fingerprint density at radius 3 is 2.68 bits per heavy atom. The summed E-state index contributed by atoms with van der Waals surface area (Å²) in [6.45, 7) is 2.19. The summed E-state index contributed by atoms with van der Waals surface area (Å²) in [5.41, 5.74) is 5.72. The second-order valence-corrected chi connectivity index (χ2v) is 5.11. The van der Waals surface area contributed by atoms with Crippen molar-refractivity contribution in [3.05, 3.63) is 18.2 Å². The van der Waals surface area contributed by atoms with Gasteiger partial charge in [0.05, 0.1) is 16.5 Å². The van der Waals surface area contributed by atoms with Gasteiger partial charge in [-0.05, 0) is 18.6 Å². The van der Waals surface area contributed by atoms with E-state index in [0.717, 1.165) is 12.5 Å². The van der Waals surface area contributed by atoms with Crippen LogP contribution in [0.3, 0.4) is 0 Å². The van der Waals surface area contributed by atoms with Crippen molar-refractivity contribution in [3.63, 3.8) is 0 Å². The molecule has 0 aromatic heterocycles. The quantitative estimate of drug-likeness (QED) is 0.465. The second kappa shape index (κ2) is 7.22. The van der Waals surface area contributed by atoms with E-state index in [1.165, 1.54) is 12.1 Å². The van der Waals surface area contributed by atoms with E-state index in [1.54, 1.807) is 0 Å². The molecule has 0 saturated heterocycles. The highest BCUT2D eigenvalue weighted by Crippen LogP contribution is 2.26. The third-order valence-corrected chi connectivity index (χ3v) is 3.38. The number of nitrogens with two attached hydrogens (primary N) is 1. The molecule has 0 heterocycles. The Kier molecular flexibility index (Phi) is 5.94. The number of rotatable bonds is 6. The first-order valence-corrected chi connectivity index (χ1v) is 7.05. The van der Waals surface area contributed by atoms with Crippen molar-refractivity contribution >= 4 is 22.7 Å². The molecule has 1 amide bonds. The largest absolute Gasteiger partial charge is 0.506 e. The molecule has 19 heavy (non-hydrogen) atoms. The lowest BCUT2D eigenvalue weighted by Crippen LogP contribution is -2.29. The Balaban J connectivity index is 2.82. The highest BCUT2D eigenvalue weighted by molar-refractivity contribution is 7.79. The lowest BCUT2D eigenvalue weighted by Gasteiger charge is -2.14. The van der Waals surface area contributed by atoms with Gasteiger partial charge < -0.3 is 20.7 Å². The number of benzene rings is 1. The minimum atomic E-state index is -2.17. The fourth-order valence-corrected chi connectivity index (χ4v) is 2.06. The van der Waals surface area contributed by atoms with Crippen molar-refractivity contribution in [2.24, 2.45) is 11.7 Å². The minimum Gasteiger partial charge on any atom is -0.506 e. The number of aromatic hydroxyl groups is 1. The minimum absolute atomic E-state index is 0.0689. The molecule has 7 heteroatoms. The molecule has 0 bridgehead atoms. The van der Waals surface area contributed by atoms with Gasteiger partial charge in [0.25, 0.3) is 0 Å². The van der Waals surface area contributed by atoms with Crippen LogP contribution in [0.1, 0.15) is 19.8 Å². The Morgan fingerprint density at radius 2 is 2.21 bits per heavy atom. The van der Waals surface area contributed by atoms with E-state index in [0.29, 0.717) is 6.42 Å². The SMILES string of the molecule is CCC[C@@H](CN)C(=O)Nc1ccc(S(=O)O)cc1O. The smallest absolute Gasteiger partial charge is 0.228 e. The van der Waals surface area contributed by atoms with Crippen LogP contribution in [0.4, 0.5) is 5.69 Å². The number of hydrogen-bond acceptors (Lipinski definition) is 4. The number of phenols is 1. The third-order valence-electron chi connectivity index (χ3n) is 2.72. The lowest BCUT2D eigenvalue weighted by molar-refractivity contribution is -0.119. The fourth-order valence-electron chi connectivity index (χ4n) is 1.67. The third kappa shape index (κ3) is 4.30. The molecule has 2 atom stereocenters. The Bertz CT molecular complexity index is 479. The van der Waals surface area contributed by atoms with Crippen LogP contribution in [-0.4, -0.2) is 26.3 Å². The van der Waals surface area contributed by atoms with Gasteiger partial charge in [-0.25, -0.2) is 4.21 Å². The van der Waals surface area contributed by atoms with Gasteiger partial charge >= 0.3 is 0 Å². The highest BCUT2D eigenvalue weighted by atomic mass is 32.2. The molecule has 106 valence electrons. The van der Waals surface area contributed by atoms with E-state index < -0.39 is 11.1 Å². The summed E-state index contributed by atoms with van der Waals surface area (Å²) >= 11 is -2.17. The van der Waals surface area contributed by atoms with Crippen LogP contribution in [0.5, 0.6) is 5.75 Å². The van der Waals surface area contributed by atoms with E-state index in [1.807, 2.05) is 6.92 Å². The average molecular weight is 286 g/mol. The monoisotopic (exact) mass is 286 g/mol. The van der Waals surface area contributed by atoms with Crippen molar-refractivity contribution < 1.29 is 18.7 Å². The Morgan fingerprint density at radius 1 is 1.53 bits per heavy atom. The molecular weight excluding hydrogens is 268 g/mol. The molecule has 0 spiro atoms. The van der Waals surface area contributed by atoms with Crippen LogP contribution in [0, 0.1) is 5.92 Å². The van der Waals surface area contributed by atoms with Gasteiger partial charge in [0.2, 0.25) is 5.91 Å².